The summed E-state index contributed by atoms with van der Waals surface area (Å²) in [6.07, 6.45) is 3.08. The monoisotopic (exact) mass is 435 g/mol. The van der Waals surface area contributed by atoms with Crippen LogP contribution in [0.25, 0.3) is 28.1 Å². The molecule has 0 saturated carbocycles. The number of fused-ring (bicyclic) bond motifs is 1. The molecule has 0 N–H and O–H groups in total. The minimum atomic E-state index is -0.500. The maximum Gasteiger partial charge on any atom is 0.188 e. The van der Waals surface area contributed by atoms with Gasteiger partial charge in [0.15, 0.2) is 5.78 Å². The quantitative estimate of drug-likeness (QED) is 0.244. The van der Waals surface area contributed by atoms with Crippen molar-refractivity contribution in [1.29, 1.82) is 0 Å². The van der Waals surface area contributed by atoms with Gasteiger partial charge in [-0.1, -0.05) is 71.7 Å². The van der Waals surface area contributed by atoms with Crippen LogP contribution in [0.15, 0.2) is 72.8 Å². The summed E-state index contributed by atoms with van der Waals surface area (Å²) in [7, 11) is 0. The minimum Gasteiger partial charge on any atom is -0.289 e. The molecule has 30 heavy (non-hydrogen) atoms. The van der Waals surface area contributed by atoms with E-state index in [1.165, 1.54) is 18.2 Å². The van der Waals surface area contributed by atoms with Crippen LogP contribution in [0.5, 0.6) is 0 Å². The lowest BCUT2D eigenvalue weighted by Crippen LogP contribution is -2.05. The van der Waals surface area contributed by atoms with Crippen molar-refractivity contribution in [3.8, 4) is 11.1 Å². The predicted octanol–water partition coefficient (Wildman–Crippen LogP) is 7.55. The molecule has 0 saturated heterocycles. The number of carbonyl (C=O) groups excluding carboxylic acids is 1. The van der Waals surface area contributed by atoms with Gasteiger partial charge >= 0.3 is 0 Å². The Hall–Kier alpha value is -3.01. The van der Waals surface area contributed by atoms with Crippen LogP contribution in [0.4, 0.5) is 4.39 Å². The summed E-state index contributed by atoms with van der Waals surface area (Å²) in [4.78, 5) is 17.9. The summed E-state index contributed by atoms with van der Waals surface area (Å²) in [5.74, 6) is -0.698. The van der Waals surface area contributed by atoms with Crippen LogP contribution in [0, 0.1) is 12.7 Å². The van der Waals surface area contributed by atoms with E-state index in [1.807, 2.05) is 43.3 Å². The van der Waals surface area contributed by atoms with Gasteiger partial charge in [-0.2, -0.15) is 0 Å². The number of rotatable bonds is 4. The molecule has 0 amide bonds. The fraction of sp³-hybridized carbons (Fsp3) is 0.0400. The van der Waals surface area contributed by atoms with Crippen LogP contribution in [0.1, 0.15) is 21.6 Å². The Morgan fingerprint density at radius 1 is 1.00 bits per heavy atom. The Balaban J connectivity index is 1.88. The number of hydrogen-bond donors (Lipinski definition) is 0. The molecule has 4 rings (SSSR count). The first-order valence-corrected chi connectivity index (χ1v) is 10.0. The molecule has 0 aliphatic carbocycles. The van der Waals surface area contributed by atoms with Crippen molar-refractivity contribution in [1.82, 2.24) is 4.98 Å². The van der Waals surface area contributed by atoms with E-state index in [0.717, 1.165) is 22.0 Å². The van der Waals surface area contributed by atoms with E-state index in [1.54, 1.807) is 24.3 Å². The Labute approximate surface area is 183 Å². The predicted molar refractivity (Wildman–Crippen MR) is 122 cm³/mol. The van der Waals surface area contributed by atoms with E-state index in [2.05, 4.69) is 4.98 Å². The first-order chi connectivity index (χ1) is 14.4. The molecule has 1 heterocycles. The number of ketones is 1. The average Bonchev–Trinajstić information content (AvgIpc) is 2.74. The number of pyridine rings is 1. The van der Waals surface area contributed by atoms with Crippen molar-refractivity contribution in [3.05, 3.63) is 105 Å². The summed E-state index contributed by atoms with van der Waals surface area (Å²) in [5.41, 5.74) is 4.20. The van der Waals surface area contributed by atoms with Crippen LogP contribution in [-0.2, 0) is 0 Å². The first kappa shape index (κ1) is 20.3. The molecule has 0 spiro atoms. The summed E-state index contributed by atoms with van der Waals surface area (Å²) in [6.45, 7) is 1.81. The van der Waals surface area contributed by atoms with Crippen molar-refractivity contribution in [3.63, 3.8) is 0 Å². The van der Waals surface area contributed by atoms with Crippen molar-refractivity contribution in [2.45, 2.75) is 6.92 Å². The van der Waals surface area contributed by atoms with Crippen LogP contribution in [0.2, 0.25) is 10.0 Å². The van der Waals surface area contributed by atoms with Crippen LogP contribution in [0.3, 0.4) is 0 Å². The van der Waals surface area contributed by atoms with E-state index < -0.39 is 5.82 Å². The molecule has 2 nitrogen and oxygen atoms in total. The van der Waals surface area contributed by atoms with Gasteiger partial charge in [0.1, 0.15) is 5.82 Å². The Bertz CT molecular complexity index is 1300. The van der Waals surface area contributed by atoms with E-state index in [9.17, 15) is 9.18 Å². The second-order valence-corrected chi connectivity index (χ2v) is 7.69. The highest BCUT2D eigenvalue weighted by Crippen LogP contribution is 2.34. The number of nitrogens with zero attached hydrogens (tertiary/aromatic N) is 1. The number of benzene rings is 3. The Morgan fingerprint density at radius 2 is 1.77 bits per heavy atom. The van der Waals surface area contributed by atoms with E-state index >= 15 is 0 Å². The fourth-order valence-corrected chi connectivity index (χ4v) is 3.79. The number of aryl methyl sites for hydroxylation is 1. The SMILES string of the molecule is Cc1nc2cc(Cl)ccc2c(-c2ccccc2)c1C(=O)C=Cc1ccc(F)c(Cl)c1. The van der Waals surface area contributed by atoms with Gasteiger partial charge in [0.05, 0.1) is 16.1 Å². The van der Waals surface area contributed by atoms with Crippen molar-refractivity contribution in [2.24, 2.45) is 0 Å². The molecule has 5 heteroatoms. The molecular formula is C25H16Cl2FNO. The van der Waals surface area contributed by atoms with E-state index in [0.29, 0.717) is 21.8 Å². The van der Waals surface area contributed by atoms with Gasteiger partial charge in [-0.3, -0.25) is 9.78 Å². The Kier molecular flexibility index (Phi) is 5.67. The first-order valence-electron chi connectivity index (χ1n) is 9.27. The van der Waals surface area contributed by atoms with Gasteiger partial charge in [-0.05, 0) is 48.4 Å². The molecule has 1 aromatic heterocycles. The summed E-state index contributed by atoms with van der Waals surface area (Å²) in [5, 5.41) is 1.44. The highest BCUT2D eigenvalue weighted by atomic mass is 35.5. The second kappa shape index (κ2) is 8.39. The third-order valence-corrected chi connectivity index (χ3v) is 5.33. The molecule has 0 bridgehead atoms. The molecular weight excluding hydrogens is 420 g/mol. The topological polar surface area (TPSA) is 30.0 Å². The summed E-state index contributed by atoms with van der Waals surface area (Å²) < 4.78 is 13.4. The normalized spacial score (nSPS) is 11.3. The maximum absolute atomic E-state index is 13.4. The maximum atomic E-state index is 13.4. The molecule has 0 unspecified atom stereocenters. The number of hydrogen-bond acceptors (Lipinski definition) is 2. The number of halogens is 3. The number of carbonyl (C=O) groups is 1. The van der Waals surface area contributed by atoms with Crippen LogP contribution in [-0.4, -0.2) is 10.8 Å². The average molecular weight is 436 g/mol. The molecule has 3 aromatic carbocycles. The molecule has 0 aliphatic heterocycles. The molecule has 148 valence electrons. The van der Waals surface area contributed by atoms with Crippen LogP contribution >= 0.6 is 23.2 Å². The van der Waals surface area contributed by atoms with Gasteiger partial charge in [0.2, 0.25) is 0 Å². The highest BCUT2D eigenvalue weighted by Gasteiger charge is 2.19. The third kappa shape index (κ3) is 4.00. The summed E-state index contributed by atoms with van der Waals surface area (Å²) >= 11 is 12.0. The van der Waals surface area contributed by atoms with E-state index in [4.69, 9.17) is 23.2 Å². The molecule has 0 fully saturated rings. The lowest BCUT2D eigenvalue weighted by molar-refractivity contribution is 0.104. The van der Waals surface area contributed by atoms with E-state index in [-0.39, 0.29) is 10.8 Å². The smallest absolute Gasteiger partial charge is 0.188 e. The standard InChI is InChI=1S/C25H16Cl2FNO/c1-15-24(23(30)12-8-16-7-11-21(28)20(27)13-16)25(17-5-3-2-4-6-17)19-10-9-18(26)14-22(19)29-15/h2-14H,1H3. The second-order valence-electron chi connectivity index (χ2n) is 6.85. The van der Waals surface area contributed by atoms with Gasteiger partial charge in [0.25, 0.3) is 0 Å². The van der Waals surface area contributed by atoms with Gasteiger partial charge < -0.3 is 0 Å². The van der Waals surface area contributed by atoms with Crippen LogP contribution < -0.4 is 0 Å². The van der Waals surface area contributed by atoms with Gasteiger partial charge in [-0.15, -0.1) is 0 Å². The molecule has 0 radical (unpaired) electrons. The fourth-order valence-electron chi connectivity index (χ4n) is 3.44. The number of allylic oxidation sites excluding steroid dienone is 1. The zero-order chi connectivity index (χ0) is 21.3. The highest BCUT2D eigenvalue weighted by molar-refractivity contribution is 6.31. The molecule has 0 aliphatic rings. The van der Waals surface area contributed by atoms with Crippen molar-refractivity contribution >= 4 is 46.0 Å². The lowest BCUT2D eigenvalue weighted by atomic mass is 9.92. The Morgan fingerprint density at radius 3 is 2.50 bits per heavy atom. The van der Waals surface area contributed by atoms with Gasteiger partial charge in [-0.25, -0.2) is 4.39 Å². The van der Waals surface area contributed by atoms with Crippen molar-refractivity contribution in [2.75, 3.05) is 0 Å². The molecule has 4 aromatic rings. The zero-order valence-corrected chi connectivity index (χ0v) is 17.5. The third-order valence-electron chi connectivity index (χ3n) is 4.81. The molecule has 0 atom stereocenters. The lowest BCUT2D eigenvalue weighted by Gasteiger charge is -2.14. The number of aromatic nitrogens is 1. The zero-order valence-electron chi connectivity index (χ0n) is 16.0. The largest absolute Gasteiger partial charge is 0.289 e. The van der Waals surface area contributed by atoms with Gasteiger partial charge in [0, 0.05) is 21.7 Å². The van der Waals surface area contributed by atoms with Crippen molar-refractivity contribution < 1.29 is 9.18 Å². The summed E-state index contributed by atoms with van der Waals surface area (Å²) in [6, 6.07) is 19.5. The minimum absolute atomic E-state index is 0.00926.